The van der Waals surface area contributed by atoms with Gasteiger partial charge in [-0.2, -0.15) is 0 Å². The van der Waals surface area contributed by atoms with Gasteiger partial charge in [-0.05, 0) is 43.7 Å². The van der Waals surface area contributed by atoms with Crippen LogP contribution in [-0.2, 0) is 0 Å². The molecule has 0 bridgehead atoms. The van der Waals surface area contributed by atoms with Crippen LogP contribution in [0.4, 0.5) is 0 Å². The van der Waals surface area contributed by atoms with Crippen LogP contribution in [0.5, 0.6) is 0 Å². The van der Waals surface area contributed by atoms with E-state index in [-0.39, 0.29) is 11.1 Å². The minimum absolute atomic E-state index is 0.00133. The molecule has 1 amide bonds. The Morgan fingerprint density at radius 3 is 2.56 bits per heavy atom. The maximum absolute atomic E-state index is 12.5. The van der Waals surface area contributed by atoms with Crippen molar-refractivity contribution in [3.8, 4) is 0 Å². The quantitative estimate of drug-likeness (QED) is 0.794. The molecule has 0 aromatic carbocycles. The largest absolute Gasteiger partial charge is 0.335 e. The Morgan fingerprint density at radius 2 is 2.00 bits per heavy atom. The van der Waals surface area contributed by atoms with Gasteiger partial charge in [-0.3, -0.25) is 4.79 Å². The van der Waals surface area contributed by atoms with Crippen LogP contribution in [0.1, 0.15) is 36.0 Å². The molecule has 0 aliphatic heterocycles. The smallest absolute Gasteiger partial charge is 0.257 e. The summed E-state index contributed by atoms with van der Waals surface area (Å²) >= 11 is 11.8. The fraction of sp³-hybridized carbons (Fsp3) is 0.538. The molecule has 1 heterocycles. The lowest BCUT2D eigenvalue weighted by Gasteiger charge is -2.22. The molecule has 0 spiro atoms. The highest BCUT2D eigenvalue weighted by atomic mass is 35.5. The number of hydrogen-bond donors (Lipinski definition) is 0. The molecule has 0 unspecified atom stereocenters. The first-order chi connectivity index (χ1) is 8.65. The Kier molecular flexibility index (Phi) is 3.20. The van der Waals surface area contributed by atoms with Crippen molar-refractivity contribution in [2.24, 2.45) is 5.92 Å². The summed E-state index contributed by atoms with van der Waals surface area (Å²) in [5.41, 5.74) is 0.466. The van der Waals surface area contributed by atoms with Crippen molar-refractivity contribution in [2.45, 2.75) is 31.7 Å². The molecule has 18 heavy (non-hydrogen) atoms. The van der Waals surface area contributed by atoms with E-state index in [9.17, 15) is 4.79 Å². The van der Waals surface area contributed by atoms with Gasteiger partial charge in [-0.25, -0.2) is 4.98 Å². The number of rotatable bonds is 4. The maximum Gasteiger partial charge on any atom is 0.257 e. The van der Waals surface area contributed by atoms with Crippen molar-refractivity contribution >= 4 is 29.1 Å². The second kappa shape index (κ2) is 4.71. The molecule has 1 aromatic heterocycles. The van der Waals surface area contributed by atoms with E-state index in [4.69, 9.17) is 23.2 Å². The molecule has 0 radical (unpaired) electrons. The third-order valence-corrected chi connectivity index (χ3v) is 3.94. The van der Waals surface area contributed by atoms with Crippen molar-refractivity contribution < 1.29 is 4.79 Å². The Hall–Kier alpha value is -0.800. The van der Waals surface area contributed by atoms with Gasteiger partial charge in [-0.15, -0.1) is 0 Å². The van der Waals surface area contributed by atoms with E-state index < -0.39 is 0 Å². The Labute approximate surface area is 116 Å². The number of nitrogens with zero attached hydrogens (tertiary/aromatic N) is 2. The van der Waals surface area contributed by atoms with Gasteiger partial charge >= 0.3 is 0 Å². The lowest BCUT2D eigenvalue weighted by Crippen LogP contribution is -2.35. The minimum atomic E-state index is -0.00133. The summed E-state index contributed by atoms with van der Waals surface area (Å²) in [5.74, 6) is 0.687. The molecule has 0 saturated heterocycles. The fourth-order valence-electron chi connectivity index (χ4n) is 2.09. The summed E-state index contributed by atoms with van der Waals surface area (Å²) in [5, 5.41) is 0.519. The molecular weight excluding hydrogens is 271 g/mol. The van der Waals surface area contributed by atoms with Crippen molar-refractivity contribution in [1.29, 1.82) is 0 Å². The van der Waals surface area contributed by atoms with E-state index in [0.29, 0.717) is 22.7 Å². The third-order valence-electron chi connectivity index (χ3n) is 3.45. The molecule has 2 aliphatic carbocycles. The molecular formula is C13H14Cl2N2O. The normalized spacial score (nSPS) is 18.8. The number of hydrogen-bond acceptors (Lipinski definition) is 2. The molecule has 0 atom stereocenters. The van der Waals surface area contributed by atoms with Crippen LogP contribution in [0.2, 0.25) is 10.3 Å². The SMILES string of the molecule is O=C(c1ccc(Cl)nc1Cl)N(CC1CC1)C1CC1. The average Bonchev–Trinajstić information content (AvgIpc) is 3.18. The van der Waals surface area contributed by atoms with Gasteiger partial charge < -0.3 is 4.90 Å². The molecule has 2 aliphatic rings. The van der Waals surface area contributed by atoms with Crippen LogP contribution in [0.15, 0.2) is 12.1 Å². The van der Waals surface area contributed by atoms with Gasteiger partial charge in [0.05, 0.1) is 5.56 Å². The summed E-state index contributed by atoms with van der Waals surface area (Å²) in [6.45, 7) is 0.864. The Balaban J connectivity index is 1.81. The second-order valence-electron chi connectivity index (χ2n) is 5.10. The fourth-order valence-corrected chi connectivity index (χ4v) is 2.51. The zero-order chi connectivity index (χ0) is 12.7. The van der Waals surface area contributed by atoms with Crippen LogP contribution in [0.3, 0.4) is 0 Å². The minimum Gasteiger partial charge on any atom is -0.335 e. The van der Waals surface area contributed by atoms with Crippen molar-refractivity contribution in [1.82, 2.24) is 9.88 Å². The van der Waals surface area contributed by atoms with E-state index in [1.165, 1.54) is 12.8 Å². The van der Waals surface area contributed by atoms with E-state index in [1.807, 2.05) is 4.90 Å². The first kappa shape index (κ1) is 12.2. The number of carbonyl (C=O) groups excluding carboxylic acids is 1. The second-order valence-corrected chi connectivity index (χ2v) is 5.85. The van der Waals surface area contributed by atoms with Crippen LogP contribution in [0.25, 0.3) is 0 Å². The predicted octanol–water partition coefficient (Wildman–Crippen LogP) is 3.40. The molecule has 2 fully saturated rings. The van der Waals surface area contributed by atoms with E-state index in [0.717, 1.165) is 19.4 Å². The zero-order valence-corrected chi connectivity index (χ0v) is 11.4. The van der Waals surface area contributed by atoms with E-state index in [1.54, 1.807) is 12.1 Å². The van der Waals surface area contributed by atoms with Gasteiger partial charge in [0, 0.05) is 12.6 Å². The predicted molar refractivity (Wildman–Crippen MR) is 71.0 cm³/mol. The van der Waals surface area contributed by atoms with Crippen LogP contribution < -0.4 is 0 Å². The number of pyridine rings is 1. The number of aromatic nitrogens is 1. The van der Waals surface area contributed by atoms with E-state index in [2.05, 4.69) is 4.98 Å². The summed E-state index contributed by atoms with van der Waals surface area (Å²) in [6.07, 6.45) is 4.69. The monoisotopic (exact) mass is 284 g/mol. The molecule has 1 aromatic rings. The van der Waals surface area contributed by atoms with Gasteiger partial charge in [0.25, 0.3) is 5.91 Å². The number of carbonyl (C=O) groups is 1. The van der Waals surface area contributed by atoms with Crippen molar-refractivity contribution in [3.05, 3.63) is 28.0 Å². The van der Waals surface area contributed by atoms with Gasteiger partial charge in [0.1, 0.15) is 10.3 Å². The van der Waals surface area contributed by atoms with Crippen LogP contribution in [-0.4, -0.2) is 28.4 Å². The molecule has 96 valence electrons. The highest BCUT2D eigenvalue weighted by molar-refractivity contribution is 6.34. The first-order valence-electron chi connectivity index (χ1n) is 6.28. The number of halogens is 2. The lowest BCUT2D eigenvalue weighted by atomic mass is 10.2. The zero-order valence-electron chi connectivity index (χ0n) is 9.90. The van der Waals surface area contributed by atoms with Crippen molar-refractivity contribution in [2.75, 3.05) is 6.54 Å². The Bertz CT molecular complexity index is 484. The Morgan fingerprint density at radius 1 is 1.28 bits per heavy atom. The maximum atomic E-state index is 12.5. The van der Waals surface area contributed by atoms with Crippen LogP contribution >= 0.6 is 23.2 Å². The van der Waals surface area contributed by atoms with Gasteiger partial charge in [0.2, 0.25) is 0 Å². The topological polar surface area (TPSA) is 33.2 Å². The third kappa shape index (κ3) is 2.62. The first-order valence-corrected chi connectivity index (χ1v) is 7.04. The number of amides is 1. The average molecular weight is 285 g/mol. The van der Waals surface area contributed by atoms with Crippen LogP contribution in [0, 0.1) is 5.92 Å². The lowest BCUT2D eigenvalue weighted by molar-refractivity contribution is 0.0734. The summed E-state index contributed by atoms with van der Waals surface area (Å²) in [7, 11) is 0. The highest BCUT2D eigenvalue weighted by Gasteiger charge is 2.37. The van der Waals surface area contributed by atoms with Gasteiger partial charge in [0.15, 0.2) is 0 Å². The molecule has 5 heteroatoms. The van der Waals surface area contributed by atoms with Gasteiger partial charge in [-0.1, -0.05) is 23.2 Å². The molecule has 2 saturated carbocycles. The van der Waals surface area contributed by atoms with Crippen molar-refractivity contribution in [3.63, 3.8) is 0 Å². The summed E-state index contributed by atoms with van der Waals surface area (Å²) < 4.78 is 0. The van der Waals surface area contributed by atoms with E-state index >= 15 is 0 Å². The molecule has 3 rings (SSSR count). The molecule has 0 N–H and O–H groups in total. The molecule has 3 nitrogen and oxygen atoms in total. The summed E-state index contributed by atoms with van der Waals surface area (Å²) in [4.78, 5) is 18.4. The summed E-state index contributed by atoms with van der Waals surface area (Å²) in [6, 6.07) is 3.69. The highest BCUT2D eigenvalue weighted by Crippen LogP contribution is 2.36. The standard InChI is InChI=1S/C13H14Cl2N2O/c14-11-6-5-10(12(15)16-11)13(18)17(9-3-4-9)7-8-1-2-8/h5-6,8-9H,1-4,7H2.